The van der Waals surface area contributed by atoms with E-state index in [4.69, 9.17) is 0 Å². The molecular formula is C13H17N3S. The predicted molar refractivity (Wildman–Crippen MR) is 72.3 cm³/mol. The van der Waals surface area contributed by atoms with Gasteiger partial charge >= 0.3 is 0 Å². The van der Waals surface area contributed by atoms with Gasteiger partial charge in [-0.3, -0.25) is 4.90 Å². The van der Waals surface area contributed by atoms with Gasteiger partial charge in [0.2, 0.25) is 0 Å². The highest BCUT2D eigenvalue weighted by Crippen LogP contribution is 2.23. The van der Waals surface area contributed by atoms with Gasteiger partial charge in [-0.05, 0) is 23.6 Å². The van der Waals surface area contributed by atoms with Crippen LogP contribution in [0.1, 0.15) is 5.69 Å². The van der Waals surface area contributed by atoms with Crippen molar-refractivity contribution in [1.82, 2.24) is 15.2 Å². The van der Waals surface area contributed by atoms with E-state index in [1.807, 2.05) is 0 Å². The Kier molecular flexibility index (Phi) is 3.27. The summed E-state index contributed by atoms with van der Waals surface area (Å²) in [6.45, 7) is 5.55. The van der Waals surface area contributed by atoms with Crippen LogP contribution in [0.5, 0.6) is 0 Å². The van der Waals surface area contributed by atoms with E-state index in [2.05, 4.69) is 44.8 Å². The van der Waals surface area contributed by atoms with Crippen LogP contribution < -0.4 is 5.32 Å². The van der Waals surface area contributed by atoms with E-state index >= 15 is 0 Å². The van der Waals surface area contributed by atoms with Gasteiger partial charge in [-0.15, -0.1) is 11.3 Å². The Morgan fingerprint density at radius 3 is 2.82 bits per heavy atom. The number of aromatic nitrogens is 1. The van der Waals surface area contributed by atoms with E-state index < -0.39 is 0 Å². The molecule has 4 heteroatoms. The largest absolute Gasteiger partial charge is 0.357 e. The van der Waals surface area contributed by atoms with Crippen molar-refractivity contribution in [3.05, 3.63) is 35.3 Å². The lowest BCUT2D eigenvalue weighted by Gasteiger charge is -2.26. The topological polar surface area (TPSA) is 31.1 Å². The van der Waals surface area contributed by atoms with Crippen molar-refractivity contribution in [2.45, 2.75) is 6.54 Å². The minimum absolute atomic E-state index is 1.03. The summed E-state index contributed by atoms with van der Waals surface area (Å²) in [5.41, 5.74) is 2.56. The number of H-pyrrole nitrogens is 1. The van der Waals surface area contributed by atoms with E-state index in [1.54, 1.807) is 11.3 Å². The first-order valence-electron chi connectivity index (χ1n) is 6.07. The fourth-order valence-corrected chi connectivity index (χ4v) is 2.93. The fraction of sp³-hybridized carbons (Fsp3) is 0.385. The van der Waals surface area contributed by atoms with Crippen LogP contribution in [-0.2, 0) is 6.54 Å². The third kappa shape index (κ3) is 2.60. The van der Waals surface area contributed by atoms with Gasteiger partial charge in [-0.1, -0.05) is 6.07 Å². The summed E-state index contributed by atoms with van der Waals surface area (Å²) in [5.74, 6) is 0. The molecule has 2 aromatic heterocycles. The van der Waals surface area contributed by atoms with Gasteiger partial charge in [0.05, 0.1) is 10.6 Å². The molecule has 0 aliphatic carbocycles. The SMILES string of the molecule is c1csc(-c2ccc(CN3CCNCC3)[nH]2)c1. The first-order valence-corrected chi connectivity index (χ1v) is 6.94. The molecule has 0 bridgehead atoms. The van der Waals surface area contributed by atoms with Gasteiger partial charge in [-0.25, -0.2) is 0 Å². The van der Waals surface area contributed by atoms with Crippen LogP contribution in [0.25, 0.3) is 10.6 Å². The maximum atomic E-state index is 3.51. The maximum absolute atomic E-state index is 3.51. The average Bonchev–Trinajstić information content (AvgIpc) is 3.00. The molecular weight excluding hydrogens is 230 g/mol. The Hall–Kier alpha value is -1.10. The molecule has 3 rings (SSSR count). The predicted octanol–water partition coefficient (Wildman–Crippen LogP) is 2.15. The van der Waals surface area contributed by atoms with Crippen LogP contribution in [-0.4, -0.2) is 36.1 Å². The van der Waals surface area contributed by atoms with E-state index in [1.165, 1.54) is 16.3 Å². The second kappa shape index (κ2) is 5.04. The lowest BCUT2D eigenvalue weighted by atomic mass is 10.3. The molecule has 3 nitrogen and oxygen atoms in total. The lowest BCUT2D eigenvalue weighted by Crippen LogP contribution is -2.42. The van der Waals surface area contributed by atoms with Crippen LogP contribution in [0, 0.1) is 0 Å². The van der Waals surface area contributed by atoms with Crippen LogP contribution >= 0.6 is 11.3 Å². The highest BCUT2D eigenvalue weighted by Gasteiger charge is 2.11. The van der Waals surface area contributed by atoms with E-state index in [-0.39, 0.29) is 0 Å². The number of thiophene rings is 1. The van der Waals surface area contributed by atoms with Crippen molar-refractivity contribution in [2.24, 2.45) is 0 Å². The van der Waals surface area contributed by atoms with Crippen LogP contribution in [0.15, 0.2) is 29.6 Å². The van der Waals surface area contributed by atoms with Crippen molar-refractivity contribution in [2.75, 3.05) is 26.2 Å². The summed E-state index contributed by atoms with van der Waals surface area (Å²) in [7, 11) is 0. The second-order valence-electron chi connectivity index (χ2n) is 4.40. The molecule has 0 atom stereocenters. The molecule has 0 aromatic carbocycles. The second-order valence-corrected chi connectivity index (χ2v) is 5.35. The number of rotatable bonds is 3. The number of aromatic amines is 1. The molecule has 2 N–H and O–H groups in total. The maximum Gasteiger partial charge on any atom is 0.0557 e. The summed E-state index contributed by atoms with van der Waals surface area (Å²) in [4.78, 5) is 7.31. The molecule has 0 spiro atoms. The third-order valence-corrected chi connectivity index (χ3v) is 4.04. The van der Waals surface area contributed by atoms with E-state index in [0.717, 1.165) is 32.7 Å². The first kappa shape index (κ1) is 11.0. The third-order valence-electron chi connectivity index (χ3n) is 3.14. The van der Waals surface area contributed by atoms with Crippen LogP contribution in [0.3, 0.4) is 0 Å². The molecule has 17 heavy (non-hydrogen) atoms. The summed E-state index contributed by atoms with van der Waals surface area (Å²) in [6, 6.07) is 8.64. The smallest absolute Gasteiger partial charge is 0.0557 e. The molecule has 90 valence electrons. The highest BCUT2D eigenvalue weighted by molar-refractivity contribution is 7.13. The highest BCUT2D eigenvalue weighted by atomic mass is 32.1. The Morgan fingerprint density at radius 2 is 2.06 bits per heavy atom. The Morgan fingerprint density at radius 1 is 1.18 bits per heavy atom. The molecule has 2 aromatic rings. The molecule has 0 saturated carbocycles. The zero-order valence-electron chi connectivity index (χ0n) is 9.78. The number of hydrogen-bond acceptors (Lipinski definition) is 3. The van der Waals surface area contributed by atoms with Crippen molar-refractivity contribution in [1.29, 1.82) is 0 Å². The minimum Gasteiger partial charge on any atom is -0.357 e. The summed E-state index contributed by atoms with van der Waals surface area (Å²) in [5, 5.41) is 5.50. The van der Waals surface area contributed by atoms with Crippen molar-refractivity contribution in [3.8, 4) is 10.6 Å². The Labute approximate surface area is 105 Å². The lowest BCUT2D eigenvalue weighted by molar-refractivity contribution is 0.231. The van der Waals surface area contributed by atoms with Gasteiger partial charge in [0.15, 0.2) is 0 Å². The quantitative estimate of drug-likeness (QED) is 0.871. The molecule has 1 fully saturated rings. The molecule has 1 aliphatic heterocycles. The molecule has 1 aliphatic rings. The normalized spacial score (nSPS) is 17.4. The van der Waals surface area contributed by atoms with Gasteiger partial charge in [-0.2, -0.15) is 0 Å². The monoisotopic (exact) mass is 247 g/mol. The summed E-state index contributed by atoms with van der Waals surface area (Å²) in [6.07, 6.45) is 0. The van der Waals surface area contributed by atoms with Gasteiger partial charge in [0.25, 0.3) is 0 Å². The average molecular weight is 247 g/mol. The summed E-state index contributed by atoms with van der Waals surface area (Å²) < 4.78 is 0. The number of nitrogens with one attached hydrogen (secondary N) is 2. The molecule has 0 unspecified atom stereocenters. The Bertz CT molecular complexity index is 455. The Balaban J connectivity index is 1.68. The standard InChI is InChI=1S/C13H17N3S/c1-2-13(17-9-1)12-4-3-11(15-12)10-16-7-5-14-6-8-16/h1-4,9,14-15H,5-8,10H2. The van der Waals surface area contributed by atoms with Gasteiger partial charge in [0.1, 0.15) is 0 Å². The molecule has 0 amide bonds. The minimum atomic E-state index is 1.03. The molecule has 0 radical (unpaired) electrons. The van der Waals surface area contributed by atoms with Crippen molar-refractivity contribution >= 4 is 11.3 Å². The van der Waals surface area contributed by atoms with E-state index in [0.29, 0.717) is 0 Å². The van der Waals surface area contributed by atoms with Gasteiger partial charge < -0.3 is 10.3 Å². The van der Waals surface area contributed by atoms with Crippen LogP contribution in [0.2, 0.25) is 0 Å². The van der Waals surface area contributed by atoms with Gasteiger partial charge in [0, 0.05) is 38.4 Å². The first-order chi connectivity index (χ1) is 8.42. The number of nitrogens with zero attached hydrogens (tertiary/aromatic N) is 1. The van der Waals surface area contributed by atoms with Crippen molar-refractivity contribution < 1.29 is 0 Å². The molecule has 1 saturated heterocycles. The summed E-state index contributed by atoms with van der Waals surface area (Å²) >= 11 is 1.78. The fourth-order valence-electron chi connectivity index (χ4n) is 2.22. The van der Waals surface area contributed by atoms with Crippen LogP contribution in [0.4, 0.5) is 0 Å². The zero-order valence-corrected chi connectivity index (χ0v) is 10.6. The number of hydrogen-bond donors (Lipinski definition) is 2. The molecule has 3 heterocycles. The van der Waals surface area contributed by atoms with E-state index in [9.17, 15) is 0 Å². The van der Waals surface area contributed by atoms with Crippen molar-refractivity contribution in [3.63, 3.8) is 0 Å². The zero-order chi connectivity index (χ0) is 11.5. The number of piperazine rings is 1.